The van der Waals surface area contributed by atoms with Crippen LogP contribution in [-0.4, -0.2) is 0 Å². The van der Waals surface area contributed by atoms with E-state index in [9.17, 15) is 0 Å². The fourth-order valence-corrected chi connectivity index (χ4v) is 2.02. The molecule has 0 bridgehead atoms. The molecule has 0 nitrogen and oxygen atoms in total. The normalized spacial score (nSPS) is 10.7. The summed E-state index contributed by atoms with van der Waals surface area (Å²) in [5.41, 5.74) is 2.38. The Labute approximate surface area is 94.2 Å². The van der Waals surface area contributed by atoms with E-state index in [1.807, 2.05) is 18.2 Å². The van der Waals surface area contributed by atoms with Crippen LogP contribution < -0.4 is 0 Å². The van der Waals surface area contributed by atoms with Gasteiger partial charge in [0.05, 0.1) is 0 Å². The molecule has 0 saturated heterocycles. The topological polar surface area (TPSA) is 0 Å². The van der Waals surface area contributed by atoms with E-state index >= 15 is 0 Å². The predicted molar refractivity (Wildman–Crippen MR) is 69.8 cm³/mol. The third-order valence-electron chi connectivity index (χ3n) is 2.19. The Balaban J connectivity index is 2.27. The average molecular weight is 212 g/mol. The third kappa shape index (κ3) is 2.45. The highest BCUT2D eigenvalue weighted by atomic mass is 32.1. The highest BCUT2D eigenvalue weighted by Crippen LogP contribution is 2.16. The molecular formula is C14H12S. The maximum atomic E-state index is 3.81. The molecule has 0 spiro atoms. The van der Waals surface area contributed by atoms with E-state index in [2.05, 4.69) is 48.4 Å². The standard InChI is InChI=1S/C14H12S/c1-2-12-6-3-4-7-13(12)9-10-14-8-5-11-15-14/h2-11H,1H2/b10-9+. The van der Waals surface area contributed by atoms with Gasteiger partial charge in [-0.1, -0.05) is 49.1 Å². The minimum absolute atomic E-state index is 1.17. The molecule has 0 saturated carbocycles. The number of hydrogen-bond acceptors (Lipinski definition) is 1. The SMILES string of the molecule is C=Cc1ccccc1/C=C/c1cccs1. The van der Waals surface area contributed by atoms with Gasteiger partial charge in [0.1, 0.15) is 0 Å². The van der Waals surface area contributed by atoms with Gasteiger partial charge in [0.2, 0.25) is 0 Å². The zero-order valence-electron chi connectivity index (χ0n) is 8.39. The predicted octanol–water partition coefficient (Wildman–Crippen LogP) is 4.56. The zero-order chi connectivity index (χ0) is 10.5. The van der Waals surface area contributed by atoms with Crippen LogP contribution in [0.4, 0.5) is 0 Å². The van der Waals surface area contributed by atoms with E-state index in [4.69, 9.17) is 0 Å². The summed E-state index contributed by atoms with van der Waals surface area (Å²) < 4.78 is 0. The molecule has 74 valence electrons. The van der Waals surface area contributed by atoms with Crippen LogP contribution in [0.25, 0.3) is 18.2 Å². The Hall–Kier alpha value is -1.60. The molecule has 0 N–H and O–H groups in total. The smallest absolute Gasteiger partial charge is 0.0270 e. The van der Waals surface area contributed by atoms with E-state index in [1.165, 1.54) is 16.0 Å². The minimum Gasteiger partial charge on any atom is -0.144 e. The van der Waals surface area contributed by atoms with Gasteiger partial charge in [0.25, 0.3) is 0 Å². The van der Waals surface area contributed by atoms with Gasteiger partial charge in [0, 0.05) is 4.88 Å². The first-order valence-electron chi connectivity index (χ1n) is 4.83. The molecule has 1 heteroatoms. The van der Waals surface area contributed by atoms with Gasteiger partial charge in [-0.25, -0.2) is 0 Å². The molecule has 0 aliphatic carbocycles. The van der Waals surface area contributed by atoms with Crippen LogP contribution in [-0.2, 0) is 0 Å². The van der Waals surface area contributed by atoms with Crippen molar-refractivity contribution < 1.29 is 0 Å². The first kappa shape index (κ1) is 9.94. The lowest BCUT2D eigenvalue weighted by molar-refractivity contribution is 1.62. The number of rotatable bonds is 3. The second kappa shape index (κ2) is 4.76. The molecule has 0 aliphatic heterocycles. The van der Waals surface area contributed by atoms with Gasteiger partial charge in [-0.2, -0.15) is 0 Å². The molecule has 0 fully saturated rings. The second-order valence-electron chi connectivity index (χ2n) is 3.18. The Bertz CT molecular complexity index is 464. The van der Waals surface area contributed by atoms with Crippen molar-refractivity contribution >= 4 is 29.6 Å². The van der Waals surface area contributed by atoms with Gasteiger partial charge in [-0.3, -0.25) is 0 Å². The van der Waals surface area contributed by atoms with Gasteiger partial charge < -0.3 is 0 Å². The molecule has 0 amide bonds. The van der Waals surface area contributed by atoms with Crippen molar-refractivity contribution in [2.75, 3.05) is 0 Å². The van der Waals surface area contributed by atoms with Crippen LogP contribution in [0.5, 0.6) is 0 Å². The van der Waals surface area contributed by atoms with Crippen LogP contribution in [0.1, 0.15) is 16.0 Å². The fraction of sp³-hybridized carbons (Fsp3) is 0. The summed E-state index contributed by atoms with van der Waals surface area (Å²) in [5, 5.41) is 2.08. The maximum absolute atomic E-state index is 3.81. The highest BCUT2D eigenvalue weighted by Gasteiger charge is 1.93. The lowest BCUT2D eigenvalue weighted by Gasteiger charge is -1.98. The lowest BCUT2D eigenvalue weighted by atomic mass is 10.1. The maximum Gasteiger partial charge on any atom is 0.0270 e. The molecular weight excluding hydrogens is 200 g/mol. The van der Waals surface area contributed by atoms with Crippen molar-refractivity contribution in [2.24, 2.45) is 0 Å². The van der Waals surface area contributed by atoms with Crippen LogP contribution in [0.3, 0.4) is 0 Å². The van der Waals surface area contributed by atoms with Crippen LogP contribution in [0.15, 0.2) is 48.4 Å². The van der Waals surface area contributed by atoms with E-state index in [0.29, 0.717) is 0 Å². The monoisotopic (exact) mass is 212 g/mol. The molecule has 0 atom stereocenters. The first-order valence-corrected chi connectivity index (χ1v) is 5.71. The molecule has 2 aromatic rings. The van der Waals surface area contributed by atoms with Crippen molar-refractivity contribution in [1.82, 2.24) is 0 Å². The van der Waals surface area contributed by atoms with Gasteiger partial charge in [-0.15, -0.1) is 11.3 Å². The van der Waals surface area contributed by atoms with Crippen molar-refractivity contribution in [2.45, 2.75) is 0 Å². The van der Waals surface area contributed by atoms with Crippen molar-refractivity contribution in [1.29, 1.82) is 0 Å². The summed E-state index contributed by atoms with van der Waals surface area (Å²) in [6.07, 6.45) is 6.14. The first-order chi connectivity index (χ1) is 7.40. The summed E-state index contributed by atoms with van der Waals surface area (Å²) in [7, 11) is 0. The molecule has 1 aromatic carbocycles. The van der Waals surface area contributed by atoms with Gasteiger partial charge >= 0.3 is 0 Å². The Morgan fingerprint density at radius 3 is 2.40 bits per heavy atom. The van der Waals surface area contributed by atoms with Crippen LogP contribution in [0.2, 0.25) is 0 Å². The summed E-state index contributed by atoms with van der Waals surface area (Å²) in [4.78, 5) is 1.27. The van der Waals surface area contributed by atoms with E-state index in [0.717, 1.165) is 0 Å². The van der Waals surface area contributed by atoms with Crippen LogP contribution >= 0.6 is 11.3 Å². The summed E-state index contributed by atoms with van der Waals surface area (Å²) in [5.74, 6) is 0. The Morgan fingerprint density at radius 1 is 0.933 bits per heavy atom. The summed E-state index contributed by atoms with van der Waals surface area (Å²) >= 11 is 1.74. The Morgan fingerprint density at radius 2 is 1.73 bits per heavy atom. The number of benzene rings is 1. The Kier molecular flexibility index (Phi) is 3.15. The quantitative estimate of drug-likeness (QED) is 0.699. The lowest BCUT2D eigenvalue weighted by Crippen LogP contribution is -1.77. The molecule has 0 radical (unpaired) electrons. The number of thiophene rings is 1. The van der Waals surface area contributed by atoms with Gasteiger partial charge in [0.15, 0.2) is 0 Å². The molecule has 1 heterocycles. The molecule has 2 rings (SSSR count). The van der Waals surface area contributed by atoms with Crippen molar-refractivity contribution in [3.8, 4) is 0 Å². The molecule has 1 aromatic heterocycles. The number of hydrogen-bond donors (Lipinski definition) is 0. The van der Waals surface area contributed by atoms with Gasteiger partial charge in [-0.05, 0) is 28.6 Å². The van der Waals surface area contributed by atoms with E-state index < -0.39 is 0 Å². The van der Waals surface area contributed by atoms with Crippen molar-refractivity contribution in [3.63, 3.8) is 0 Å². The third-order valence-corrected chi connectivity index (χ3v) is 3.02. The minimum atomic E-state index is 1.17. The van der Waals surface area contributed by atoms with Crippen LogP contribution in [0, 0.1) is 0 Å². The second-order valence-corrected chi connectivity index (χ2v) is 4.16. The van der Waals surface area contributed by atoms with E-state index in [-0.39, 0.29) is 0 Å². The van der Waals surface area contributed by atoms with E-state index in [1.54, 1.807) is 11.3 Å². The fourth-order valence-electron chi connectivity index (χ4n) is 1.41. The highest BCUT2D eigenvalue weighted by molar-refractivity contribution is 7.10. The van der Waals surface area contributed by atoms with Crippen molar-refractivity contribution in [3.05, 3.63) is 64.4 Å². The zero-order valence-corrected chi connectivity index (χ0v) is 9.21. The molecule has 0 unspecified atom stereocenters. The summed E-state index contributed by atoms with van der Waals surface area (Å²) in [6.45, 7) is 3.81. The average Bonchev–Trinajstić information content (AvgIpc) is 2.79. The molecule has 15 heavy (non-hydrogen) atoms. The molecule has 0 aliphatic rings. The summed E-state index contributed by atoms with van der Waals surface area (Å²) in [6, 6.07) is 12.4. The largest absolute Gasteiger partial charge is 0.144 e.